The van der Waals surface area contributed by atoms with Crippen LogP contribution >= 0.6 is 0 Å². The van der Waals surface area contributed by atoms with E-state index in [1.54, 1.807) is 6.92 Å². The second-order valence-corrected chi connectivity index (χ2v) is 6.10. The van der Waals surface area contributed by atoms with Gasteiger partial charge in [-0.2, -0.15) is 0 Å². The number of allylic oxidation sites excluding steroid dienone is 1. The van der Waals surface area contributed by atoms with E-state index < -0.39 is 0 Å². The summed E-state index contributed by atoms with van der Waals surface area (Å²) in [7, 11) is 0. The van der Waals surface area contributed by atoms with Crippen molar-refractivity contribution in [3.05, 3.63) is 11.3 Å². The van der Waals surface area contributed by atoms with Crippen LogP contribution in [0.2, 0.25) is 0 Å². The Labute approximate surface area is 122 Å². The number of piperidine rings is 1. The van der Waals surface area contributed by atoms with Gasteiger partial charge >= 0.3 is 0 Å². The molecule has 0 aromatic heterocycles. The molecule has 1 amide bonds. The second kappa shape index (κ2) is 7.23. The highest BCUT2D eigenvalue weighted by molar-refractivity contribution is 5.75. The number of carbonyl (C=O) groups is 1. The third-order valence-electron chi connectivity index (χ3n) is 4.37. The van der Waals surface area contributed by atoms with Gasteiger partial charge in [0.1, 0.15) is 0 Å². The number of hydrogen-bond donors (Lipinski definition) is 2. The minimum absolute atomic E-state index is 0.0375. The molecule has 2 N–H and O–H groups in total. The summed E-state index contributed by atoms with van der Waals surface area (Å²) in [5.74, 6) is 0.421. The van der Waals surface area contributed by atoms with Gasteiger partial charge in [-0.05, 0) is 56.7 Å². The molecule has 4 heteroatoms. The summed E-state index contributed by atoms with van der Waals surface area (Å²) < 4.78 is 6.30. The van der Waals surface area contributed by atoms with Crippen LogP contribution in [0.1, 0.15) is 52.9 Å². The molecule has 4 nitrogen and oxygen atoms in total. The number of carbonyl (C=O) groups excluding carboxylic acids is 1. The third kappa shape index (κ3) is 4.06. The highest BCUT2D eigenvalue weighted by atomic mass is 16.5. The van der Waals surface area contributed by atoms with E-state index in [1.165, 1.54) is 5.57 Å². The van der Waals surface area contributed by atoms with Crippen LogP contribution < -0.4 is 10.6 Å². The average molecular weight is 280 g/mol. The van der Waals surface area contributed by atoms with Crippen LogP contribution in [0.15, 0.2) is 11.3 Å². The Morgan fingerprint density at radius 2 is 2.05 bits per heavy atom. The number of rotatable bonds is 4. The number of ether oxygens (including phenoxy) is 1. The molecular formula is C16H28N2O2. The predicted octanol–water partition coefficient (Wildman–Crippen LogP) is 2.35. The molecule has 0 spiro atoms. The first-order valence-corrected chi connectivity index (χ1v) is 7.95. The van der Waals surface area contributed by atoms with Gasteiger partial charge in [-0.15, -0.1) is 0 Å². The molecule has 1 heterocycles. The minimum atomic E-state index is 0.0375. The smallest absolute Gasteiger partial charge is 0.221 e. The van der Waals surface area contributed by atoms with Crippen LogP contribution in [0.4, 0.5) is 0 Å². The van der Waals surface area contributed by atoms with Crippen LogP contribution in [0.5, 0.6) is 0 Å². The van der Waals surface area contributed by atoms with Gasteiger partial charge in [-0.1, -0.05) is 13.8 Å². The highest BCUT2D eigenvalue weighted by Gasteiger charge is 2.29. The normalized spacial score (nSPS) is 28.6. The highest BCUT2D eigenvalue weighted by Crippen LogP contribution is 2.33. The van der Waals surface area contributed by atoms with Gasteiger partial charge in [-0.3, -0.25) is 4.79 Å². The SMILES string of the molecule is CCC1=C(NC(C)=O)C(C)CC(OC2CCNCC2)C1. The van der Waals surface area contributed by atoms with Crippen molar-refractivity contribution >= 4 is 5.91 Å². The standard InChI is InChI=1S/C16H28N2O2/c1-4-13-10-15(20-14-5-7-17-8-6-14)9-11(2)16(13)18-12(3)19/h11,14-15,17H,4-10H2,1-3H3,(H,18,19). The Morgan fingerprint density at radius 3 is 2.65 bits per heavy atom. The molecule has 20 heavy (non-hydrogen) atoms. The van der Waals surface area contributed by atoms with Crippen molar-refractivity contribution in [3.63, 3.8) is 0 Å². The van der Waals surface area contributed by atoms with Gasteiger partial charge in [0.15, 0.2) is 0 Å². The molecule has 1 saturated heterocycles. The van der Waals surface area contributed by atoms with E-state index >= 15 is 0 Å². The molecule has 114 valence electrons. The van der Waals surface area contributed by atoms with Gasteiger partial charge in [0.25, 0.3) is 0 Å². The zero-order valence-corrected chi connectivity index (χ0v) is 13.0. The predicted molar refractivity (Wildman–Crippen MR) is 80.3 cm³/mol. The largest absolute Gasteiger partial charge is 0.375 e. The summed E-state index contributed by atoms with van der Waals surface area (Å²) in [6.07, 6.45) is 5.95. The maximum absolute atomic E-state index is 11.3. The van der Waals surface area contributed by atoms with Crippen LogP contribution in [-0.4, -0.2) is 31.2 Å². The fraction of sp³-hybridized carbons (Fsp3) is 0.812. The van der Waals surface area contributed by atoms with E-state index in [0.717, 1.165) is 50.9 Å². The van der Waals surface area contributed by atoms with Crippen molar-refractivity contribution in [2.24, 2.45) is 5.92 Å². The summed E-state index contributed by atoms with van der Waals surface area (Å²) in [5, 5.41) is 6.40. The quantitative estimate of drug-likeness (QED) is 0.831. The topological polar surface area (TPSA) is 50.4 Å². The van der Waals surface area contributed by atoms with E-state index in [-0.39, 0.29) is 5.91 Å². The van der Waals surface area contributed by atoms with Crippen LogP contribution in [0.3, 0.4) is 0 Å². The lowest BCUT2D eigenvalue weighted by Crippen LogP contribution is -2.38. The van der Waals surface area contributed by atoms with Gasteiger partial charge in [0.05, 0.1) is 12.2 Å². The summed E-state index contributed by atoms with van der Waals surface area (Å²) in [6, 6.07) is 0. The van der Waals surface area contributed by atoms with Crippen LogP contribution in [0, 0.1) is 5.92 Å². The van der Waals surface area contributed by atoms with Gasteiger partial charge in [-0.25, -0.2) is 0 Å². The second-order valence-electron chi connectivity index (χ2n) is 6.10. The zero-order chi connectivity index (χ0) is 14.5. The van der Waals surface area contributed by atoms with Crippen LogP contribution in [0.25, 0.3) is 0 Å². The van der Waals surface area contributed by atoms with Gasteiger partial charge in [0, 0.05) is 12.6 Å². The maximum atomic E-state index is 11.3. The Bertz CT molecular complexity index is 373. The van der Waals surface area contributed by atoms with E-state index in [4.69, 9.17) is 4.74 Å². The molecule has 1 fully saturated rings. The van der Waals surface area contributed by atoms with E-state index in [9.17, 15) is 4.79 Å². The molecule has 0 bridgehead atoms. The van der Waals surface area contributed by atoms with Crippen molar-refractivity contribution in [3.8, 4) is 0 Å². The molecule has 2 unspecified atom stereocenters. The molecule has 0 saturated carbocycles. The van der Waals surface area contributed by atoms with E-state index in [1.807, 2.05) is 0 Å². The van der Waals surface area contributed by atoms with Gasteiger partial charge < -0.3 is 15.4 Å². The molecule has 2 rings (SSSR count). The first kappa shape index (κ1) is 15.5. The molecule has 0 aromatic rings. The van der Waals surface area contributed by atoms with E-state index in [0.29, 0.717) is 18.1 Å². The van der Waals surface area contributed by atoms with Crippen molar-refractivity contribution in [1.82, 2.24) is 10.6 Å². The maximum Gasteiger partial charge on any atom is 0.221 e. The summed E-state index contributed by atoms with van der Waals surface area (Å²) in [4.78, 5) is 11.3. The number of nitrogens with one attached hydrogen (secondary N) is 2. The Kier molecular flexibility index (Phi) is 5.61. The summed E-state index contributed by atoms with van der Waals surface area (Å²) in [6.45, 7) is 8.08. The molecule has 2 aliphatic rings. The Balaban J connectivity index is 1.98. The molecule has 0 aromatic carbocycles. The first-order valence-electron chi connectivity index (χ1n) is 7.95. The molecular weight excluding hydrogens is 252 g/mol. The molecule has 1 aliphatic heterocycles. The van der Waals surface area contributed by atoms with Gasteiger partial charge in [0.2, 0.25) is 5.91 Å². The van der Waals surface area contributed by atoms with E-state index in [2.05, 4.69) is 24.5 Å². The number of amides is 1. The summed E-state index contributed by atoms with van der Waals surface area (Å²) in [5.41, 5.74) is 2.50. The lowest BCUT2D eigenvalue weighted by Gasteiger charge is -2.35. The van der Waals surface area contributed by atoms with Crippen molar-refractivity contribution < 1.29 is 9.53 Å². The Morgan fingerprint density at radius 1 is 1.35 bits per heavy atom. The third-order valence-corrected chi connectivity index (χ3v) is 4.37. The molecule has 0 radical (unpaired) electrons. The van der Waals surface area contributed by atoms with Crippen molar-refractivity contribution in [2.45, 2.75) is 65.1 Å². The van der Waals surface area contributed by atoms with Crippen molar-refractivity contribution in [2.75, 3.05) is 13.1 Å². The summed E-state index contributed by atoms with van der Waals surface area (Å²) >= 11 is 0. The number of hydrogen-bond acceptors (Lipinski definition) is 3. The fourth-order valence-corrected chi connectivity index (χ4v) is 3.37. The monoisotopic (exact) mass is 280 g/mol. The van der Waals surface area contributed by atoms with Crippen LogP contribution in [-0.2, 0) is 9.53 Å². The zero-order valence-electron chi connectivity index (χ0n) is 13.0. The Hall–Kier alpha value is -0.870. The average Bonchev–Trinajstić information content (AvgIpc) is 2.42. The lowest BCUT2D eigenvalue weighted by molar-refractivity contribution is -0.118. The molecule has 2 atom stereocenters. The molecule has 1 aliphatic carbocycles. The lowest BCUT2D eigenvalue weighted by atomic mass is 9.84. The van der Waals surface area contributed by atoms with Crippen molar-refractivity contribution in [1.29, 1.82) is 0 Å². The fourth-order valence-electron chi connectivity index (χ4n) is 3.37. The first-order chi connectivity index (χ1) is 9.60. The minimum Gasteiger partial charge on any atom is -0.375 e.